The first-order valence-electron chi connectivity index (χ1n) is 6.32. The lowest BCUT2D eigenvalue weighted by Gasteiger charge is -2.14. The predicted octanol–water partition coefficient (Wildman–Crippen LogP) is 2.15. The largest absolute Gasteiger partial charge is 0.479 e. The summed E-state index contributed by atoms with van der Waals surface area (Å²) in [7, 11) is 0. The summed E-state index contributed by atoms with van der Waals surface area (Å²) in [6.07, 6.45) is 0. The van der Waals surface area contributed by atoms with Crippen LogP contribution in [0, 0.1) is 10.1 Å². The Kier molecular flexibility index (Phi) is 4.47. The van der Waals surface area contributed by atoms with Crippen molar-refractivity contribution in [2.45, 2.75) is 6.04 Å². The van der Waals surface area contributed by atoms with E-state index in [1.165, 1.54) is 18.2 Å². The molecule has 0 aliphatic rings. The summed E-state index contributed by atoms with van der Waals surface area (Å²) in [4.78, 5) is 33.5. The van der Waals surface area contributed by atoms with E-state index in [-0.39, 0.29) is 11.3 Å². The molecule has 2 aromatic rings. The van der Waals surface area contributed by atoms with Crippen LogP contribution in [-0.4, -0.2) is 21.9 Å². The number of nitro groups is 1. The summed E-state index contributed by atoms with van der Waals surface area (Å²) >= 11 is 0. The predicted molar refractivity (Wildman–Crippen MR) is 77.4 cm³/mol. The number of nitro benzene ring substituents is 1. The summed E-state index contributed by atoms with van der Waals surface area (Å²) in [5, 5.41) is 22.3. The first-order valence-corrected chi connectivity index (χ1v) is 6.32. The number of benzene rings is 2. The number of aliphatic carboxylic acids is 1. The molecule has 0 unspecified atom stereocenters. The molecule has 7 nitrogen and oxygen atoms in total. The maximum absolute atomic E-state index is 12.1. The fourth-order valence-corrected chi connectivity index (χ4v) is 1.91. The standard InChI is InChI=1S/C15H12N2O5/c18-14(11-7-4-8-12(9-11)17(21)22)16-13(15(19)20)10-5-2-1-3-6-10/h1-9,13H,(H,16,18)(H,19,20)/t13-/m0/s1. The first-order chi connectivity index (χ1) is 10.5. The van der Waals surface area contributed by atoms with E-state index in [1.54, 1.807) is 30.3 Å². The highest BCUT2D eigenvalue weighted by Crippen LogP contribution is 2.16. The lowest BCUT2D eigenvalue weighted by Crippen LogP contribution is -2.33. The summed E-state index contributed by atoms with van der Waals surface area (Å²) in [5.41, 5.74) is 0.199. The second-order valence-corrected chi connectivity index (χ2v) is 4.46. The average molecular weight is 300 g/mol. The molecule has 7 heteroatoms. The third kappa shape index (κ3) is 3.45. The number of nitrogens with one attached hydrogen (secondary N) is 1. The number of carbonyl (C=O) groups excluding carboxylic acids is 1. The number of carboxylic acid groups (broad SMARTS) is 1. The Morgan fingerprint density at radius 2 is 1.77 bits per heavy atom. The van der Waals surface area contributed by atoms with Crippen molar-refractivity contribution in [3.8, 4) is 0 Å². The lowest BCUT2D eigenvalue weighted by molar-refractivity contribution is -0.384. The van der Waals surface area contributed by atoms with Crippen molar-refractivity contribution in [3.63, 3.8) is 0 Å². The molecule has 112 valence electrons. The molecule has 0 saturated carbocycles. The SMILES string of the molecule is O=C(N[C@H](C(=O)O)c1ccccc1)c1cccc([N+](=O)[O-])c1. The molecule has 1 atom stereocenters. The average Bonchev–Trinajstić information content (AvgIpc) is 2.53. The zero-order valence-electron chi connectivity index (χ0n) is 11.3. The number of hydrogen-bond acceptors (Lipinski definition) is 4. The van der Waals surface area contributed by atoms with Gasteiger partial charge in [-0.05, 0) is 11.6 Å². The van der Waals surface area contributed by atoms with Crippen molar-refractivity contribution in [2.24, 2.45) is 0 Å². The Hall–Kier alpha value is -3.22. The van der Waals surface area contributed by atoms with E-state index in [4.69, 9.17) is 0 Å². The zero-order valence-corrected chi connectivity index (χ0v) is 11.3. The molecule has 2 rings (SSSR count). The topological polar surface area (TPSA) is 110 Å². The van der Waals surface area contributed by atoms with Crippen molar-refractivity contribution in [2.75, 3.05) is 0 Å². The third-order valence-corrected chi connectivity index (χ3v) is 2.97. The second-order valence-electron chi connectivity index (χ2n) is 4.46. The molecule has 0 saturated heterocycles. The van der Waals surface area contributed by atoms with Crippen LogP contribution in [0.25, 0.3) is 0 Å². The molecule has 0 radical (unpaired) electrons. The van der Waals surface area contributed by atoms with Gasteiger partial charge in [-0.25, -0.2) is 4.79 Å². The molecule has 0 aromatic heterocycles. The smallest absolute Gasteiger partial charge is 0.330 e. The molecule has 0 aliphatic carbocycles. The molecule has 0 aliphatic heterocycles. The minimum atomic E-state index is -1.23. The van der Waals surface area contributed by atoms with Gasteiger partial charge in [0.1, 0.15) is 0 Å². The highest BCUT2D eigenvalue weighted by molar-refractivity contribution is 5.97. The zero-order chi connectivity index (χ0) is 16.1. The van der Waals surface area contributed by atoms with E-state index in [0.29, 0.717) is 5.56 Å². The summed E-state index contributed by atoms with van der Waals surface area (Å²) < 4.78 is 0. The number of nitrogens with zero attached hydrogens (tertiary/aromatic N) is 1. The van der Waals surface area contributed by atoms with Crippen LogP contribution in [-0.2, 0) is 4.79 Å². The lowest BCUT2D eigenvalue weighted by atomic mass is 10.1. The molecule has 0 spiro atoms. The van der Waals surface area contributed by atoms with Gasteiger partial charge in [-0.1, -0.05) is 36.4 Å². The quantitative estimate of drug-likeness (QED) is 0.649. The number of carboxylic acids is 1. The van der Waals surface area contributed by atoms with E-state index in [2.05, 4.69) is 5.32 Å². The summed E-state index contributed by atoms with van der Waals surface area (Å²) in [6, 6.07) is 12.1. The molecule has 0 bridgehead atoms. The number of carbonyl (C=O) groups is 2. The Balaban J connectivity index is 2.24. The van der Waals surface area contributed by atoms with Crippen LogP contribution in [0.4, 0.5) is 5.69 Å². The maximum atomic E-state index is 12.1. The number of amides is 1. The molecule has 2 N–H and O–H groups in total. The Labute approximate surface area is 125 Å². The molecule has 22 heavy (non-hydrogen) atoms. The van der Waals surface area contributed by atoms with E-state index >= 15 is 0 Å². The molecule has 1 amide bonds. The van der Waals surface area contributed by atoms with Crippen molar-refractivity contribution < 1.29 is 19.6 Å². The minimum absolute atomic E-state index is 0.0244. The normalized spacial score (nSPS) is 11.5. The number of non-ortho nitro benzene ring substituents is 1. The number of hydrogen-bond donors (Lipinski definition) is 2. The van der Waals surface area contributed by atoms with Crippen molar-refractivity contribution in [1.29, 1.82) is 0 Å². The summed E-state index contributed by atoms with van der Waals surface area (Å²) in [5.74, 6) is -1.91. The van der Waals surface area contributed by atoms with Crippen LogP contribution in [0.15, 0.2) is 54.6 Å². The van der Waals surface area contributed by atoms with Gasteiger partial charge >= 0.3 is 5.97 Å². The third-order valence-electron chi connectivity index (χ3n) is 2.97. The van der Waals surface area contributed by atoms with Gasteiger partial charge in [-0.15, -0.1) is 0 Å². The molecular formula is C15H12N2O5. The highest BCUT2D eigenvalue weighted by atomic mass is 16.6. The molecular weight excluding hydrogens is 288 g/mol. The molecule has 0 fully saturated rings. The monoisotopic (exact) mass is 300 g/mol. The summed E-state index contributed by atoms with van der Waals surface area (Å²) in [6.45, 7) is 0. The van der Waals surface area contributed by atoms with Crippen LogP contribution < -0.4 is 5.32 Å². The Morgan fingerprint density at radius 3 is 2.36 bits per heavy atom. The Bertz CT molecular complexity index is 715. The minimum Gasteiger partial charge on any atom is -0.479 e. The number of rotatable bonds is 5. The van der Waals surface area contributed by atoms with Crippen molar-refractivity contribution in [1.82, 2.24) is 5.32 Å². The van der Waals surface area contributed by atoms with Gasteiger partial charge in [-0.2, -0.15) is 0 Å². The fraction of sp³-hybridized carbons (Fsp3) is 0.0667. The molecule has 2 aromatic carbocycles. The van der Waals surface area contributed by atoms with Gasteiger partial charge in [0.05, 0.1) is 4.92 Å². The maximum Gasteiger partial charge on any atom is 0.330 e. The van der Waals surface area contributed by atoms with E-state index in [0.717, 1.165) is 6.07 Å². The first kappa shape index (κ1) is 15.2. The van der Waals surface area contributed by atoms with Gasteiger partial charge in [0.15, 0.2) is 6.04 Å². The van der Waals surface area contributed by atoms with Gasteiger partial charge < -0.3 is 10.4 Å². The molecule has 0 heterocycles. The van der Waals surface area contributed by atoms with Crippen molar-refractivity contribution in [3.05, 3.63) is 75.8 Å². The highest BCUT2D eigenvalue weighted by Gasteiger charge is 2.23. The second kappa shape index (κ2) is 6.49. The van der Waals surface area contributed by atoms with Crippen LogP contribution in [0.2, 0.25) is 0 Å². The Morgan fingerprint density at radius 1 is 1.09 bits per heavy atom. The van der Waals surface area contributed by atoms with Crippen LogP contribution in [0.1, 0.15) is 22.0 Å². The van der Waals surface area contributed by atoms with Gasteiger partial charge in [0, 0.05) is 17.7 Å². The van der Waals surface area contributed by atoms with Crippen LogP contribution in [0.3, 0.4) is 0 Å². The van der Waals surface area contributed by atoms with E-state index in [1.807, 2.05) is 0 Å². The van der Waals surface area contributed by atoms with Crippen LogP contribution in [0.5, 0.6) is 0 Å². The van der Waals surface area contributed by atoms with Gasteiger partial charge in [-0.3, -0.25) is 14.9 Å². The fourth-order valence-electron chi connectivity index (χ4n) is 1.91. The van der Waals surface area contributed by atoms with Crippen molar-refractivity contribution >= 4 is 17.6 Å². The van der Waals surface area contributed by atoms with E-state index in [9.17, 15) is 24.8 Å². The van der Waals surface area contributed by atoms with Gasteiger partial charge in [0.2, 0.25) is 0 Å². The van der Waals surface area contributed by atoms with Gasteiger partial charge in [0.25, 0.3) is 11.6 Å². The van der Waals surface area contributed by atoms with Crippen LogP contribution >= 0.6 is 0 Å². The van der Waals surface area contributed by atoms with E-state index < -0.39 is 22.8 Å².